The Labute approximate surface area is 257 Å². The van der Waals surface area contributed by atoms with Gasteiger partial charge < -0.3 is 25.3 Å². The van der Waals surface area contributed by atoms with Crippen LogP contribution >= 0.6 is 0 Å². The zero-order valence-electron chi connectivity index (χ0n) is 27.5. The summed E-state index contributed by atoms with van der Waals surface area (Å²) >= 11 is 0. The maximum absolute atomic E-state index is 13.9. The summed E-state index contributed by atoms with van der Waals surface area (Å²) in [6.45, 7) is 19.1. The highest BCUT2D eigenvalue weighted by atomic mass is 16.7. The number of hydrogen-bond acceptors (Lipinski definition) is 7. The fraction of sp³-hybridized carbons (Fsp3) is 0.781. The quantitative estimate of drug-likeness (QED) is 0.294. The SMILES string of the molecule is CC(C)C[C@H](NC(=O)[C@H](CC(C)C)NC(=O)[C@H](CC(C)C)NC(=O)c1cnccn1)B1O[C@H]2C[C@@H]3C[C@@H](C3(C)C)[C@@]2(C)O1. The number of nitrogens with zero attached hydrogens (tertiary/aromatic N) is 2. The molecule has 3 saturated carbocycles. The minimum atomic E-state index is -0.831. The third-order valence-corrected chi connectivity index (χ3v) is 9.82. The molecule has 3 amide bonds. The molecule has 0 radical (unpaired) electrons. The number of amides is 3. The van der Waals surface area contributed by atoms with E-state index < -0.39 is 31.0 Å². The van der Waals surface area contributed by atoms with Crippen molar-refractivity contribution in [1.82, 2.24) is 25.9 Å². The predicted octanol–water partition coefficient (Wildman–Crippen LogP) is 3.95. The molecule has 2 bridgehead atoms. The predicted molar refractivity (Wildman–Crippen MR) is 166 cm³/mol. The van der Waals surface area contributed by atoms with Gasteiger partial charge in [0.2, 0.25) is 11.8 Å². The summed E-state index contributed by atoms with van der Waals surface area (Å²) in [5, 5.41) is 8.97. The van der Waals surface area contributed by atoms with Crippen molar-refractivity contribution in [2.75, 3.05) is 0 Å². The summed E-state index contributed by atoms with van der Waals surface area (Å²) in [6, 6.07) is -1.61. The van der Waals surface area contributed by atoms with Crippen LogP contribution in [0, 0.1) is 35.0 Å². The van der Waals surface area contributed by atoms with Gasteiger partial charge in [0.05, 0.1) is 23.8 Å². The topological polar surface area (TPSA) is 132 Å². The summed E-state index contributed by atoms with van der Waals surface area (Å²) in [5.41, 5.74) is -0.0225. The Balaban J connectivity index is 1.47. The first-order valence-corrected chi connectivity index (χ1v) is 16.1. The van der Waals surface area contributed by atoms with Gasteiger partial charge in [-0.2, -0.15) is 0 Å². The zero-order chi connectivity index (χ0) is 31.7. The first kappa shape index (κ1) is 33.4. The first-order chi connectivity index (χ1) is 20.1. The summed E-state index contributed by atoms with van der Waals surface area (Å²) < 4.78 is 13.3. The van der Waals surface area contributed by atoms with Crippen LogP contribution in [0.15, 0.2) is 18.6 Å². The maximum atomic E-state index is 13.9. The van der Waals surface area contributed by atoms with E-state index >= 15 is 0 Å². The van der Waals surface area contributed by atoms with Crippen LogP contribution in [0.4, 0.5) is 0 Å². The lowest BCUT2D eigenvalue weighted by atomic mass is 9.43. The monoisotopic (exact) mass is 597 g/mol. The van der Waals surface area contributed by atoms with Crippen molar-refractivity contribution in [3.63, 3.8) is 0 Å². The van der Waals surface area contributed by atoms with Gasteiger partial charge in [0.25, 0.3) is 5.91 Å². The molecule has 0 unspecified atom stereocenters. The molecule has 1 aliphatic heterocycles. The molecule has 0 aromatic carbocycles. The van der Waals surface area contributed by atoms with Crippen LogP contribution in [0.5, 0.6) is 0 Å². The van der Waals surface area contributed by atoms with Crippen molar-refractivity contribution < 1.29 is 23.7 Å². The van der Waals surface area contributed by atoms with E-state index in [1.54, 1.807) is 0 Å². The minimum Gasteiger partial charge on any atom is -0.404 e. The van der Waals surface area contributed by atoms with E-state index in [9.17, 15) is 14.4 Å². The number of carbonyl (C=O) groups excluding carboxylic acids is 3. The Hall–Kier alpha value is -2.53. The Kier molecular flexibility index (Phi) is 10.3. The Morgan fingerprint density at radius 2 is 1.49 bits per heavy atom. The van der Waals surface area contributed by atoms with E-state index in [1.807, 2.05) is 27.7 Å². The third kappa shape index (κ3) is 7.41. The molecule has 3 N–H and O–H groups in total. The van der Waals surface area contributed by atoms with Crippen LogP contribution in [0.3, 0.4) is 0 Å². The molecule has 4 aliphatic rings. The summed E-state index contributed by atoms with van der Waals surface area (Å²) in [4.78, 5) is 48.3. The van der Waals surface area contributed by atoms with Gasteiger partial charge in [0.1, 0.15) is 17.8 Å². The molecule has 4 fully saturated rings. The van der Waals surface area contributed by atoms with Crippen molar-refractivity contribution in [2.45, 2.75) is 124 Å². The second-order valence-corrected chi connectivity index (χ2v) is 15.0. The maximum Gasteiger partial charge on any atom is 0.481 e. The zero-order valence-corrected chi connectivity index (χ0v) is 27.5. The van der Waals surface area contributed by atoms with Crippen molar-refractivity contribution in [3.8, 4) is 0 Å². The van der Waals surface area contributed by atoms with E-state index in [4.69, 9.17) is 9.31 Å². The van der Waals surface area contributed by atoms with E-state index in [-0.39, 0.29) is 46.5 Å². The fourth-order valence-corrected chi connectivity index (χ4v) is 7.43. The number of nitrogens with one attached hydrogen (secondary N) is 3. The summed E-state index contributed by atoms with van der Waals surface area (Å²) in [7, 11) is -0.549. The van der Waals surface area contributed by atoms with Crippen LogP contribution in [-0.4, -0.2) is 64.5 Å². The Morgan fingerprint density at radius 1 is 0.884 bits per heavy atom. The number of carbonyl (C=O) groups is 3. The summed E-state index contributed by atoms with van der Waals surface area (Å²) in [5.74, 6) is 0.112. The van der Waals surface area contributed by atoms with Crippen molar-refractivity contribution in [1.29, 1.82) is 0 Å². The van der Waals surface area contributed by atoms with Gasteiger partial charge in [0.15, 0.2) is 0 Å². The third-order valence-electron chi connectivity index (χ3n) is 9.82. The van der Waals surface area contributed by atoms with Crippen LogP contribution < -0.4 is 16.0 Å². The molecular formula is C32H52BN5O5. The molecule has 7 atom stereocenters. The first-order valence-electron chi connectivity index (χ1n) is 16.1. The highest BCUT2D eigenvalue weighted by Crippen LogP contribution is 2.65. The molecule has 1 aromatic heterocycles. The average molecular weight is 598 g/mol. The molecule has 1 saturated heterocycles. The van der Waals surface area contributed by atoms with Crippen LogP contribution in [-0.2, 0) is 18.9 Å². The number of rotatable bonds is 13. The highest BCUT2D eigenvalue weighted by Gasteiger charge is 2.68. The molecule has 3 aliphatic carbocycles. The van der Waals surface area contributed by atoms with E-state index in [2.05, 4.69) is 60.5 Å². The van der Waals surface area contributed by atoms with Gasteiger partial charge in [-0.15, -0.1) is 0 Å². The van der Waals surface area contributed by atoms with Gasteiger partial charge in [-0.05, 0) is 74.0 Å². The molecule has 43 heavy (non-hydrogen) atoms. The smallest absolute Gasteiger partial charge is 0.404 e. The largest absolute Gasteiger partial charge is 0.481 e. The fourth-order valence-electron chi connectivity index (χ4n) is 7.43. The van der Waals surface area contributed by atoms with Crippen LogP contribution in [0.25, 0.3) is 0 Å². The van der Waals surface area contributed by atoms with Gasteiger partial charge in [0, 0.05) is 12.4 Å². The standard InChI is InChI=1S/C32H52BN5O5/c1-18(2)12-22(37-30(41)24-17-34-10-11-35-24)28(39)36-23(13-19(3)4)29(40)38-27(14-20(5)6)33-42-26-16-21-15-25(31(21,7)8)32(26,9)43-33/h10-11,17-23,25-27H,12-16H2,1-9H3,(H,36,39)(H,37,41)(H,38,40)/t21-,22-,23-,25-,26-,27-,32+/m0/s1. The van der Waals surface area contributed by atoms with Gasteiger partial charge >= 0.3 is 7.12 Å². The van der Waals surface area contributed by atoms with E-state index in [0.717, 1.165) is 12.8 Å². The highest BCUT2D eigenvalue weighted by molar-refractivity contribution is 6.48. The average Bonchev–Trinajstić information content (AvgIpc) is 3.28. The second kappa shape index (κ2) is 13.2. The van der Waals surface area contributed by atoms with Gasteiger partial charge in [-0.3, -0.25) is 19.4 Å². The molecule has 2 heterocycles. The lowest BCUT2D eigenvalue weighted by Crippen LogP contribution is -2.65. The molecule has 5 rings (SSSR count). The van der Waals surface area contributed by atoms with Crippen LogP contribution in [0.1, 0.15) is 105 Å². The van der Waals surface area contributed by atoms with Crippen molar-refractivity contribution in [3.05, 3.63) is 24.3 Å². The van der Waals surface area contributed by atoms with Crippen molar-refractivity contribution >= 4 is 24.8 Å². The molecular weight excluding hydrogens is 545 g/mol. The Morgan fingerprint density at radius 3 is 2.05 bits per heavy atom. The normalized spacial score (nSPS) is 27.7. The second-order valence-electron chi connectivity index (χ2n) is 15.0. The van der Waals surface area contributed by atoms with Gasteiger partial charge in [-0.1, -0.05) is 55.4 Å². The molecule has 1 aromatic rings. The van der Waals surface area contributed by atoms with E-state index in [0.29, 0.717) is 37.0 Å². The molecule has 238 valence electrons. The van der Waals surface area contributed by atoms with Crippen molar-refractivity contribution in [2.24, 2.45) is 35.0 Å². The number of hydrogen-bond donors (Lipinski definition) is 3. The molecule has 11 heteroatoms. The Bertz CT molecular complexity index is 1150. The lowest BCUT2D eigenvalue weighted by Gasteiger charge is -2.64. The number of aromatic nitrogens is 2. The van der Waals surface area contributed by atoms with E-state index in [1.165, 1.54) is 18.6 Å². The minimum absolute atomic E-state index is 0.0155. The molecule has 0 spiro atoms. The molecule has 10 nitrogen and oxygen atoms in total. The lowest BCUT2D eigenvalue weighted by molar-refractivity contribution is -0.199. The van der Waals surface area contributed by atoms with Crippen LogP contribution in [0.2, 0.25) is 0 Å². The summed E-state index contributed by atoms with van der Waals surface area (Å²) in [6.07, 6.45) is 7.96. The van der Waals surface area contributed by atoms with Gasteiger partial charge in [-0.25, -0.2) is 4.98 Å².